The summed E-state index contributed by atoms with van der Waals surface area (Å²) in [5, 5.41) is 10.9. The predicted molar refractivity (Wildman–Crippen MR) is 75.7 cm³/mol. The average molecular weight is 271 g/mol. The highest BCUT2D eigenvalue weighted by Crippen LogP contribution is 2.32. The van der Waals surface area contributed by atoms with Crippen LogP contribution in [-0.2, 0) is 4.74 Å². The maximum Gasteiger partial charge on any atom is 0.0677 e. The van der Waals surface area contributed by atoms with Gasteiger partial charge in [-0.1, -0.05) is 6.08 Å². The first-order valence-corrected chi connectivity index (χ1v) is 6.60. The second kappa shape index (κ2) is 5.48. The first-order chi connectivity index (χ1) is 9.75. The van der Waals surface area contributed by atoms with Crippen LogP contribution < -0.4 is 4.90 Å². The van der Waals surface area contributed by atoms with Crippen LogP contribution in [0.3, 0.4) is 0 Å². The van der Waals surface area contributed by atoms with E-state index < -0.39 is 0 Å². The van der Waals surface area contributed by atoms with Crippen molar-refractivity contribution in [2.24, 2.45) is 0 Å². The third-order valence-electron chi connectivity index (χ3n) is 3.38. The van der Waals surface area contributed by atoms with Gasteiger partial charge in [0.05, 0.1) is 31.3 Å². The van der Waals surface area contributed by atoms with E-state index in [-0.39, 0.29) is 0 Å². The molecule has 0 fully saturated rings. The van der Waals surface area contributed by atoms with Crippen LogP contribution in [0.2, 0.25) is 0 Å². The normalized spacial score (nSPS) is 19.4. The van der Waals surface area contributed by atoms with Gasteiger partial charge in [-0.05, 0) is 31.1 Å². The van der Waals surface area contributed by atoms with Gasteiger partial charge < -0.3 is 9.64 Å². The molecule has 5 heteroatoms. The molecule has 3 heterocycles. The molecule has 0 spiro atoms. The Morgan fingerprint density at radius 2 is 2.05 bits per heavy atom. The molecule has 104 valence electrons. The van der Waals surface area contributed by atoms with Crippen molar-refractivity contribution in [3.63, 3.8) is 0 Å². The average Bonchev–Trinajstić information content (AvgIpc) is 2.48. The van der Waals surface area contributed by atoms with Crippen LogP contribution in [0, 0.1) is 0 Å². The molecule has 0 bridgehead atoms. The van der Waals surface area contributed by atoms with E-state index >= 15 is 0 Å². The molecule has 1 aromatic rings. The van der Waals surface area contributed by atoms with E-state index in [1.165, 1.54) is 5.57 Å². The van der Waals surface area contributed by atoms with Crippen LogP contribution >= 0.6 is 0 Å². The van der Waals surface area contributed by atoms with Crippen molar-refractivity contribution in [2.75, 3.05) is 18.1 Å². The van der Waals surface area contributed by atoms with Gasteiger partial charge in [0.2, 0.25) is 0 Å². The summed E-state index contributed by atoms with van der Waals surface area (Å²) in [6.45, 7) is 3.29. The second-order valence-electron chi connectivity index (χ2n) is 4.76. The molecule has 0 aliphatic carbocycles. The summed E-state index contributed by atoms with van der Waals surface area (Å²) in [6.07, 6.45) is 9.85. The van der Waals surface area contributed by atoms with E-state index in [2.05, 4.69) is 16.0 Å². The number of hydrogen-bond acceptors (Lipinski definition) is 5. The fourth-order valence-electron chi connectivity index (χ4n) is 2.48. The molecule has 0 saturated heterocycles. The number of hydrogen-bond donors (Lipinski definition) is 1. The highest BCUT2D eigenvalue weighted by molar-refractivity contribution is 5.62. The minimum absolute atomic E-state index is 0.616. The smallest absolute Gasteiger partial charge is 0.0677 e. The topological polar surface area (TPSA) is 48.8 Å². The number of nitrogens with zero attached hydrogens (tertiary/aromatic N) is 3. The van der Waals surface area contributed by atoms with Crippen LogP contribution in [0.5, 0.6) is 0 Å². The van der Waals surface area contributed by atoms with Gasteiger partial charge in [0.25, 0.3) is 0 Å². The molecule has 1 aromatic heterocycles. The van der Waals surface area contributed by atoms with E-state index in [1.54, 1.807) is 24.8 Å². The third-order valence-corrected chi connectivity index (χ3v) is 3.38. The lowest BCUT2D eigenvalue weighted by Crippen LogP contribution is -2.29. The Kier molecular flexibility index (Phi) is 3.54. The SMILES string of the molecule is CC1=CN(O)C=C(C2=CCOCC2)N1c1ccncc1. The van der Waals surface area contributed by atoms with Crippen LogP contribution in [0.1, 0.15) is 13.3 Å². The number of anilines is 1. The monoisotopic (exact) mass is 271 g/mol. The fraction of sp³-hybridized carbons (Fsp3) is 0.267. The predicted octanol–water partition coefficient (Wildman–Crippen LogP) is 2.64. The maximum atomic E-state index is 9.83. The van der Waals surface area contributed by atoms with E-state index in [4.69, 9.17) is 4.74 Å². The van der Waals surface area contributed by atoms with Gasteiger partial charge in [-0.25, -0.2) is 5.06 Å². The summed E-state index contributed by atoms with van der Waals surface area (Å²) in [6, 6.07) is 3.91. The highest BCUT2D eigenvalue weighted by Gasteiger charge is 2.23. The van der Waals surface area contributed by atoms with Gasteiger partial charge in [-0.2, -0.15) is 0 Å². The molecule has 0 atom stereocenters. The van der Waals surface area contributed by atoms with Crippen LogP contribution in [-0.4, -0.2) is 28.5 Å². The third kappa shape index (κ3) is 2.45. The van der Waals surface area contributed by atoms with Crippen molar-refractivity contribution in [2.45, 2.75) is 13.3 Å². The van der Waals surface area contributed by atoms with E-state index in [0.29, 0.717) is 13.2 Å². The largest absolute Gasteiger partial charge is 0.377 e. The Morgan fingerprint density at radius 3 is 2.75 bits per heavy atom. The van der Waals surface area contributed by atoms with E-state index in [1.807, 2.05) is 19.1 Å². The van der Waals surface area contributed by atoms with Crippen molar-refractivity contribution in [1.82, 2.24) is 10.0 Å². The number of aromatic nitrogens is 1. The second-order valence-corrected chi connectivity index (χ2v) is 4.76. The van der Waals surface area contributed by atoms with E-state index in [9.17, 15) is 5.21 Å². The molecule has 0 radical (unpaired) electrons. The minimum Gasteiger partial charge on any atom is -0.377 e. The number of ether oxygens (including phenoxy) is 1. The molecular weight excluding hydrogens is 254 g/mol. The van der Waals surface area contributed by atoms with Crippen molar-refractivity contribution in [1.29, 1.82) is 0 Å². The summed E-state index contributed by atoms with van der Waals surface area (Å²) in [5.74, 6) is 0. The van der Waals surface area contributed by atoms with Crippen LogP contribution in [0.25, 0.3) is 0 Å². The Labute approximate surface area is 118 Å². The minimum atomic E-state index is 0.616. The highest BCUT2D eigenvalue weighted by atomic mass is 16.5. The number of pyridine rings is 1. The molecule has 1 N–H and O–H groups in total. The zero-order valence-electron chi connectivity index (χ0n) is 11.4. The molecule has 5 nitrogen and oxygen atoms in total. The fourth-order valence-corrected chi connectivity index (χ4v) is 2.48. The zero-order chi connectivity index (χ0) is 13.9. The van der Waals surface area contributed by atoms with Gasteiger partial charge in [-0.15, -0.1) is 0 Å². The summed E-state index contributed by atoms with van der Waals surface area (Å²) < 4.78 is 5.36. The van der Waals surface area contributed by atoms with Crippen LogP contribution in [0.4, 0.5) is 5.69 Å². The first-order valence-electron chi connectivity index (χ1n) is 6.60. The Balaban J connectivity index is 2.02. The summed E-state index contributed by atoms with van der Waals surface area (Å²) in [5.41, 5.74) is 4.13. The molecule has 0 saturated carbocycles. The lowest BCUT2D eigenvalue weighted by Gasteiger charge is -2.34. The molecule has 3 rings (SSSR count). The van der Waals surface area contributed by atoms with Crippen molar-refractivity contribution < 1.29 is 9.94 Å². The molecular formula is C15H17N3O2. The van der Waals surface area contributed by atoms with Crippen molar-refractivity contribution in [3.05, 3.63) is 60.0 Å². The van der Waals surface area contributed by atoms with Gasteiger partial charge in [0.15, 0.2) is 0 Å². The quantitative estimate of drug-likeness (QED) is 0.896. The molecule has 20 heavy (non-hydrogen) atoms. The van der Waals surface area contributed by atoms with Gasteiger partial charge in [0.1, 0.15) is 0 Å². The lowest BCUT2D eigenvalue weighted by atomic mass is 10.0. The molecule has 0 aromatic carbocycles. The van der Waals surface area contributed by atoms with Crippen LogP contribution in [0.15, 0.2) is 60.0 Å². The Hall–Kier alpha value is -2.11. The summed E-state index contributed by atoms with van der Waals surface area (Å²) >= 11 is 0. The standard InChI is InChI=1S/C15H17N3O2/c1-12-10-17(19)11-15(13-4-8-20-9-5-13)18(12)14-2-6-16-7-3-14/h2-4,6-7,10-11,19H,5,8-9H2,1H3. The molecule has 2 aliphatic rings. The Bertz CT molecular complexity index is 578. The molecule has 2 aliphatic heterocycles. The van der Waals surface area contributed by atoms with Gasteiger partial charge in [0, 0.05) is 23.8 Å². The van der Waals surface area contributed by atoms with E-state index in [0.717, 1.165) is 28.6 Å². The first kappa shape index (κ1) is 12.9. The molecule has 0 amide bonds. The van der Waals surface area contributed by atoms with Gasteiger partial charge >= 0.3 is 0 Å². The van der Waals surface area contributed by atoms with Crippen molar-refractivity contribution in [3.8, 4) is 0 Å². The summed E-state index contributed by atoms with van der Waals surface area (Å²) in [7, 11) is 0. The Morgan fingerprint density at radius 1 is 1.25 bits per heavy atom. The lowest BCUT2D eigenvalue weighted by molar-refractivity contribution is 0.00762. The number of hydroxylamine groups is 2. The van der Waals surface area contributed by atoms with Crippen molar-refractivity contribution >= 4 is 5.69 Å². The number of allylic oxidation sites excluding steroid dienone is 2. The summed E-state index contributed by atoms with van der Waals surface area (Å²) in [4.78, 5) is 6.17. The van der Waals surface area contributed by atoms with Gasteiger partial charge in [-0.3, -0.25) is 10.2 Å². The maximum absolute atomic E-state index is 9.83. The number of rotatable bonds is 2. The molecule has 0 unspecified atom stereocenters. The zero-order valence-corrected chi connectivity index (χ0v) is 11.4.